The van der Waals surface area contributed by atoms with E-state index >= 15 is 0 Å². The van der Waals surface area contributed by atoms with E-state index < -0.39 is 0 Å². The first-order valence-corrected chi connectivity index (χ1v) is 9.96. The zero-order chi connectivity index (χ0) is 18.1. The van der Waals surface area contributed by atoms with Crippen molar-refractivity contribution in [2.24, 2.45) is 0 Å². The smallest absolute Gasteiger partial charge is 0.143 e. The highest BCUT2D eigenvalue weighted by Gasteiger charge is 2.12. The van der Waals surface area contributed by atoms with Crippen molar-refractivity contribution in [1.29, 1.82) is 0 Å². The maximum Gasteiger partial charge on any atom is 0.143 e. The molecule has 0 amide bonds. The van der Waals surface area contributed by atoms with Crippen molar-refractivity contribution in [2.45, 2.75) is 49.3 Å². The second kappa shape index (κ2) is 10.5. The molecule has 0 aliphatic heterocycles. The van der Waals surface area contributed by atoms with E-state index in [2.05, 4.69) is 13.8 Å². The van der Waals surface area contributed by atoms with Crippen molar-refractivity contribution in [1.82, 2.24) is 0 Å². The van der Waals surface area contributed by atoms with Gasteiger partial charge in [-0.15, -0.1) is 0 Å². The van der Waals surface area contributed by atoms with Crippen LogP contribution in [0.5, 0.6) is 11.5 Å². The first-order chi connectivity index (χ1) is 12.1. The van der Waals surface area contributed by atoms with Crippen molar-refractivity contribution >= 4 is 29.1 Å². The molecule has 2 aromatic rings. The second-order valence-corrected chi connectivity index (χ2v) is 7.35. The minimum atomic E-state index is 0.614. The molecule has 0 bridgehead atoms. The van der Waals surface area contributed by atoms with Crippen LogP contribution in [0.3, 0.4) is 0 Å². The van der Waals surface area contributed by atoms with Crippen LogP contribution in [0.2, 0.25) is 5.02 Å². The molecule has 0 radical (unpaired) electrons. The molecule has 2 rings (SSSR count). The monoisotopic (exact) mass is 379 g/mol. The zero-order valence-electron chi connectivity index (χ0n) is 14.9. The van der Waals surface area contributed by atoms with Gasteiger partial charge in [0.25, 0.3) is 0 Å². The van der Waals surface area contributed by atoms with E-state index in [1.165, 1.54) is 0 Å². The molecule has 0 aromatic heterocycles. The Balaban J connectivity index is 2.23. The quantitative estimate of drug-likeness (QED) is 0.381. The summed E-state index contributed by atoms with van der Waals surface area (Å²) in [5.74, 6) is 1.52. The predicted octanol–water partition coefficient (Wildman–Crippen LogP) is 6.43. The van der Waals surface area contributed by atoms with E-state index in [0.29, 0.717) is 24.7 Å². The van der Waals surface area contributed by atoms with E-state index in [9.17, 15) is 0 Å². The Labute approximate surface area is 159 Å². The van der Waals surface area contributed by atoms with Crippen LogP contribution in [-0.4, -0.2) is 13.2 Å². The summed E-state index contributed by atoms with van der Waals surface area (Å²) in [4.78, 5) is 2.09. The third-order valence-corrected chi connectivity index (χ3v) is 4.93. The van der Waals surface area contributed by atoms with Crippen LogP contribution < -0.4 is 15.2 Å². The Morgan fingerprint density at radius 1 is 0.920 bits per heavy atom. The first kappa shape index (κ1) is 19.8. The van der Waals surface area contributed by atoms with Gasteiger partial charge in [-0.3, -0.25) is 0 Å². The Morgan fingerprint density at radius 2 is 1.52 bits per heavy atom. The van der Waals surface area contributed by atoms with E-state index in [1.54, 1.807) is 11.8 Å². The first-order valence-electron chi connectivity index (χ1n) is 8.76. The van der Waals surface area contributed by atoms with Crippen molar-refractivity contribution in [3.63, 3.8) is 0 Å². The lowest BCUT2D eigenvalue weighted by molar-refractivity contribution is 0.296. The maximum absolute atomic E-state index is 6.16. The second-order valence-electron chi connectivity index (χ2n) is 5.80. The molecule has 2 N–H and O–H groups in total. The van der Waals surface area contributed by atoms with Gasteiger partial charge >= 0.3 is 0 Å². The number of rotatable bonds is 10. The molecule has 0 saturated heterocycles. The number of ether oxygens (including phenoxy) is 2. The van der Waals surface area contributed by atoms with E-state index in [1.807, 2.05) is 36.4 Å². The van der Waals surface area contributed by atoms with Crippen LogP contribution in [-0.2, 0) is 0 Å². The summed E-state index contributed by atoms with van der Waals surface area (Å²) in [6, 6.07) is 11.6. The van der Waals surface area contributed by atoms with Crippen LogP contribution in [0.25, 0.3) is 0 Å². The molecule has 0 atom stereocenters. The molecule has 3 nitrogen and oxygen atoms in total. The summed E-state index contributed by atoms with van der Waals surface area (Å²) in [5.41, 5.74) is 6.77. The van der Waals surface area contributed by atoms with Gasteiger partial charge in [0.15, 0.2) is 0 Å². The fourth-order valence-electron chi connectivity index (χ4n) is 2.16. The summed E-state index contributed by atoms with van der Waals surface area (Å²) < 4.78 is 11.8. The molecular formula is C20H26ClNO2S. The largest absolute Gasteiger partial charge is 0.492 e. The third kappa shape index (κ3) is 6.37. The van der Waals surface area contributed by atoms with Crippen LogP contribution >= 0.6 is 23.4 Å². The summed E-state index contributed by atoms with van der Waals surface area (Å²) in [6.45, 7) is 5.63. The van der Waals surface area contributed by atoms with Crippen molar-refractivity contribution in [3.05, 3.63) is 41.4 Å². The van der Waals surface area contributed by atoms with Gasteiger partial charge in [-0.1, -0.05) is 50.1 Å². The molecule has 5 heteroatoms. The van der Waals surface area contributed by atoms with Crippen molar-refractivity contribution in [2.75, 3.05) is 18.9 Å². The number of anilines is 1. The molecule has 0 aliphatic rings. The number of unbranched alkanes of at least 4 members (excludes halogenated alkanes) is 2. The van der Waals surface area contributed by atoms with Gasteiger partial charge in [0, 0.05) is 16.0 Å². The Hall–Kier alpha value is -1.52. The molecule has 0 heterocycles. The zero-order valence-corrected chi connectivity index (χ0v) is 16.5. The summed E-state index contributed by atoms with van der Waals surface area (Å²) >= 11 is 7.60. The maximum atomic E-state index is 6.16. The van der Waals surface area contributed by atoms with Crippen molar-refractivity contribution in [3.8, 4) is 11.5 Å². The van der Waals surface area contributed by atoms with E-state index in [4.69, 9.17) is 26.8 Å². The van der Waals surface area contributed by atoms with Crippen molar-refractivity contribution < 1.29 is 9.47 Å². The minimum Gasteiger partial charge on any atom is -0.492 e. The number of halogens is 1. The molecule has 2 aromatic carbocycles. The lowest BCUT2D eigenvalue weighted by Gasteiger charge is -2.15. The third-order valence-electron chi connectivity index (χ3n) is 3.63. The molecule has 0 saturated carbocycles. The van der Waals surface area contributed by atoms with E-state index in [0.717, 1.165) is 46.2 Å². The van der Waals surface area contributed by atoms with Gasteiger partial charge in [-0.2, -0.15) is 0 Å². The highest BCUT2D eigenvalue weighted by Crippen LogP contribution is 2.41. The Bertz CT molecular complexity index is 661. The average molecular weight is 380 g/mol. The number of nitrogens with two attached hydrogens (primary N) is 1. The topological polar surface area (TPSA) is 44.5 Å². The molecule has 0 fully saturated rings. The lowest BCUT2D eigenvalue weighted by Crippen LogP contribution is -2.03. The number of hydrogen-bond donors (Lipinski definition) is 1. The highest BCUT2D eigenvalue weighted by atomic mass is 35.5. The predicted molar refractivity (Wildman–Crippen MR) is 107 cm³/mol. The fourth-order valence-corrected chi connectivity index (χ4v) is 3.19. The average Bonchev–Trinajstić information content (AvgIpc) is 2.60. The Kier molecular flexibility index (Phi) is 8.29. The van der Waals surface area contributed by atoms with Gasteiger partial charge in [-0.05, 0) is 43.2 Å². The molecule has 136 valence electrons. The van der Waals surface area contributed by atoms with Crippen LogP contribution in [0.1, 0.15) is 39.5 Å². The minimum absolute atomic E-state index is 0.614. The van der Waals surface area contributed by atoms with Gasteiger partial charge in [0.05, 0.1) is 23.8 Å². The fraction of sp³-hybridized carbons (Fsp3) is 0.400. The molecule has 25 heavy (non-hydrogen) atoms. The SMILES string of the molecule is CCCCOc1cc(Sc2ccc(Cl)cc2)c(OCCCC)cc1N. The highest BCUT2D eigenvalue weighted by molar-refractivity contribution is 7.99. The number of benzene rings is 2. The molecular weight excluding hydrogens is 354 g/mol. The summed E-state index contributed by atoms with van der Waals surface area (Å²) in [6.07, 6.45) is 4.20. The Morgan fingerprint density at radius 3 is 2.12 bits per heavy atom. The normalized spacial score (nSPS) is 10.7. The van der Waals surface area contributed by atoms with Gasteiger partial charge in [-0.25, -0.2) is 0 Å². The molecule has 0 aliphatic carbocycles. The molecule has 0 unspecified atom stereocenters. The van der Waals surface area contributed by atoms with E-state index in [-0.39, 0.29) is 0 Å². The van der Waals surface area contributed by atoms with Crippen LogP contribution in [0.15, 0.2) is 46.2 Å². The van der Waals surface area contributed by atoms with Gasteiger partial charge in [0.1, 0.15) is 11.5 Å². The summed E-state index contributed by atoms with van der Waals surface area (Å²) in [7, 11) is 0. The standard InChI is InChI=1S/C20H26ClNO2S/c1-3-5-11-23-18-14-20(25-16-9-7-15(21)8-10-16)19(13-17(18)22)24-12-6-4-2/h7-10,13-14H,3-6,11-12,22H2,1-2H3. The van der Waals surface area contributed by atoms with Gasteiger partial charge < -0.3 is 15.2 Å². The lowest BCUT2D eigenvalue weighted by atomic mass is 10.2. The summed E-state index contributed by atoms with van der Waals surface area (Å²) in [5, 5.41) is 0.727. The number of hydrogen-bond acceptors (Lipinski definition) is 4. The number of nitrogen functional groups attached to an aromatic ring is 1. The van der Waals surface area contributed by atoms with Crippen LogP contribution in [0, 0.1) is 0 Å². The van der Waals surface area contributed by atoms with Crippen LogP contribution in [0.4, 0.5) is 5.69 Å². The molecule has 0 spiro atoms. The van der Waals surface area contributed by atoms with Gasteiger partial charge in [0.2, 0.25) is 0 Å².